The predicted octanol–water partition coefficient (Wildman–Crippen LogP) is 1.96. The van der Waals surface area contributed by atoms with Gasteiger partial charge in [-0.2, -0.15) is 5.10 Å². The number of likely N-dealkylation sites (N-methyl/N-ethyl adjacent to an activating group) is 1. The van der Waals surface area contributed by atoms with Crippen LogP contribution in [0.5, 0.6) is 0 Å². The van der Waals surface area contributed by atoms with Gasteiger partial charge in [0, 0.05) is 43.1 Å². The van der Waals surface area contributed by atoms with Crippen LogP contribution in [0.4, 0.5) is 0 Å². The van der Waals surface area contributed by atoms with Crippen LogP contribution in [-0.2, 0) is 12.0 Å². The first-order valence-corrected chi connectivity index (χ1v) is 9.34. The average Bonchev–Trinajstić information content (AvgIpc) is 2.47. The Kier molecular flexibility index (Phi) is 5.11. The van der Waals surface area contributed by atoms with Crippen LogP contribution in [0.25, 0.3) is 0 Å². The van der Waals surface area contributed by atoms with Crippen LogP contribution in [0.1, 0.15) is 45.7 Å². The molecule has 2 aliphatic rings. The van der Waals surface area contributed by atoms with Crippen LogP contribution in [0.2, 0.25) is 0 Å². The number of hydrogen-bond donors (Lipinski definition) is 0. The molecule has 1 aromatic rings. The number of likely N-dealkylation sites (tertiary alicyclic amines) is 2. The van der Waals surface area contributed by atoms with Gasteiger partial charge >= 0.3 is 0 Å². The molecule has 0 bridgehead atoms. The molecule has 1 unspecified atom stereocenters. The van der Waals surface area contributed by atoms with E-state index < -0.39 is 0 Å². The molecule has 5 nitrogen and oxygen atoms in total. The summed E-state index contributed by atoms with van der Waals surface area (Å²) in [6.45, 7) is 11.8. The van der Waals surface area contributed by atoms with E-state index >= 15 is 0 Å². The van der Waals surface area contributed by atoms with Crippen molar-refractivity contribution in [3.63, 3.8) is 0 Å². The second-order valence-corrected chi connectivity index (χ2v) is 8.70. The highest BCUT2D eigenvalue weighted by molar-refractivity contribution is 5.10. The molecule has 0 N–H and O–H groups in total. The van der Waals surface area contributed by atoms with Crippen molar-refractivity contribution in [1.82, 2.24) is 19.6 Å². The lowest BCUT2D eigenvalue weighted by molar-refractivity contribution is 0.0426. The van der Waals surface area contributed by atoms with E-state index in [9.17, 15) is 4.79 Å². The lowest BCUT2D eigenvalue weighted by Crippen LogP contribution is -2.54. The highest BCUT2D eigenvalue weighted by Crippen LogP contribution is 2.22. The molecule has 2 fully saturated rings. The molecule has 0 aliphatic carbocycles. The lowest BCUT2D eigenvalue weighted by atomic mass is 9.92. The van der Waals surface area contributed by atoms with Gasteiger partial charge in [-0.15, -0.1) is 0 Å². The van der Waals surface area contributed by atoms with E-state index in [1.165, 1.54) is 32.4 Å². The summed E-state index contributed by atoms with van der Waals surface area (Å²) < 4.78 is 1.68. The Morgan fingerprint density at radius 1 is 1.17 bits per heavy atom. The third kappa shape index (κ3) is 4.06. The van der Waals surface area contributed by atoms with Gasteiger partial charge in [-0.3, -0.25) is 4.79 Å². The summed E-state index contributed by atoms with van der Waals surface area (Å²) in [5.41, 5.74) is 0.989. The zero-order valence-corrected chi connectivity index (χ0v) is 15.7. The molecule has 1 atom stereocenters. The maximum absolute atomic E-state index is 12.1. The fourth-order valence-electron chi connectivity index (χ4n) is 3.84. The Morgan fingerprint density at radius 3 is 2.58 bits per heavy atom. The average molecular weight is 332 g/mol. The highest BCUT2D eigenvalue weighted by atomic mass is 16.1. The largest absolute Gasteiger partial charge is 0.302 e. The van der Waals surface area contributed by atoms with Gasteiger partial charge in [-0.05, 0) is 32.5 Å². The SMILES string of the molecule is CN1CCCCC1CN1CC(Cn2nc(C(C)(C)C)ccc2=O)C1. The van der Waals surface area contributed by atoms with Gasteiger partial charge in [0.25, 0.3) is 5.56 Å². The molecule has 3 heterocycles. The Hall–Kier alpha value is -1.20. The monoisotopic (exact) mass is 332 g/mol. The quantitative estimate of drug-likeness (QED) is 0.845. The summed E-state index contributed by atoms with van der Waals surface area (Å²) in [5.74, 6) is 0.555. The maximum Gasteiger partial charge on any atom is 0.266 e. The normalized spacial score (nSPS) is 24.1. The molecule has 0 amide bonds. The Bertz CT molecular complexity index is 613. The van der Waals surface area contributed by atoms with Crippen molar-refractivity contribution in [1.29, 1.82) is 0 Å². The van der Waals surface area contributed by atoms with E-state index in [1.807, 2.05) is 6.07 Å². The van der Waals surface area contributed by atoms with E-state index in [4.69, 9.17) is 0 Å². The number of aromatic nitrogens is 2. The second kappa shape index (κ2) is 6.96. The molecule has 5 heteroatoms. The van der Waals surface area contributed by atoms with E-state index in [0.29, 0.717) is 12.0 Å². The molecule has 0 radical (unpaired) electrons. The summed E-state index contributed by atoms with van der Waals surface area (Å²) in [5, 5.41) is 4.60. The van der Waals surface area contributed by atoms with Gasteiger partial charge in [0.1, 0.15) is 0 Å². The summed E-state index contributed by atoms with van der Waals surface area (Å²) in [7, 11) is 2.25. The van der Waals surface area contributed by atoms with Crippen LogP contribution in [0, 0.1) is 5.92 Å². The van der Waals surface area contributed by atoms with Crippen LogP contribution >= 0.6 is 0 Å². The Labute approximate surface area is 145 Å². The fourth-order valence-corrected chi connectivity index (χ4v) is 3.84. The minimum absolute atomic E-state index is 0.0212. The third-order valence-corrected chi connectivity index (χ3v) is 5.49. The van der Waals surface area contributed by atoms with Gasteiger partial charge in [0.15, 0.2) is 0 Å². The van der Waals surface area contributed by atoms with Crippen molar-refractivity contribution in [2.75, 3.05) is 33.2 Å². The molecular weight excluding hydrogens is 300 g/mol. The number of rotatable bonds is 4. The topological polar surface area (TPSA) is 41.4 Å². The highest BCUT2D eigenvalue weighted by Gasteiger charge is 2.31. The summed E-state index contributed by atoms with van der Waals surface area (Å²) in [6, 6.07) is 4.25. The number of hydrogen-bond acceptors (Lipinski definition) is 4. The van der Waals surface area contributed by atoms with Gasteiger partial charge < -0.3 is 9.80 Å². The molecule has 0 aromatic carbocycles. The first kappa shape index (κ1) is 17.6. The van der Waals surface area contributed by atoms with Crippen molar-refractivity contribution >= 4 is 0 Å². The van der Waals surface area contributed by atoms with Gasteiger partial charge in [0.2, 0.25) is 0 Å². The Balaban J connectivity index is 1.53. The van der Waals surface area contributed by atoms with Crippen molar-refractivity contribution < 1.29 is 0 Å². The first-order valence-electron chi connectivity index (χ1n) is 9.34. The standard InChI is InChI=1S/C19H32N4O/c1-19(2,3)17-8-9-18(24)23(20-17)13-15-11-22(12-15)14-16-7-5-6-10-21(16)4/h8-9,15-16H,5-7,10-14H2,1-4H3. The van der Waals surface area contributed by atoms with Crippen LogP contribution in [-0.4, -0.2) is 58.8 Å². The Morgan fingerprint density at radius 2 is 1.92 bits per heavy atom. The van der Waals surface area contributed by atoms with Gasteiger partial charge in [-0.1, -0.05) is 27.2 Å². The van der Waals surface area contributed by atoms with E-state index in [2.05, 4.69) is 42.7 Å². The minimum Gasteiger partial charge on any atom is -0.302 e. The molecule has 0 saturated carbocycles. The van der Waals surface area contributed by atoms with E-state index in [0.717, 1.165) is 25.3 Å². The molecule has 2 aliphatic heterocycles. The number of nitrogens with zero attached hydrogens (tertiary/aromatic N) is 4. The summed E-state index contributed by atoms with van der Waals surface area (Å²) in [4.78, 5) is 17.1. The predicted molar refractivity (Wildman–Crippen MR) is 97.4 cm³/mol. The smallest absolute Gasteiger partial charge is 0.266 e. The molecule has 24 heavy (non-hydrogen) atoms. The zero-order chi connectivity index (χ0) is 17.3. The molecule has 2 saturated heterocycles. The van der Waals surface area contributed by atoms with Crippen LogP contribution in [0.3, 0.4) is 0 Å². The fraction of sp³-hybridized carbons (Fsp3) is 0.789. The summed E-state index contributed by atoms with van der Waals surface area (Å²) in [6.07, 6.45) is 4.03. The summed E-state index contributed by atoms with van der Waals surface area (Å²) >= 11 is 0. The van der Waals surface area contributed by atoms with Crippen molar-refractivity contribution in [2.24, 2.45) is 5.92 Å². The minimum atomic E-state index is -0.0212. The molecule has 0 spiro atoms. The van der Waals surface area contributed by atoms with E-state index in [1.54, 1.807) is 10.7 Å². The van der Waals surface area contributed by atoms with Crippen LogP contribution in [0.15, 0.2) is 16.9 Å². The molecular formula is C19H32N4O. The van der Waals surface area contributed by atoms with Crippen molar-refractivity contribution in [2.45, 2.75) is 58.0 Å². The zero-order valence-electron chi connectivity index (χ0n) is 15.7. The first-order chi connectivity index (χ1) is 11.3. The second-order valence-electron chi connectivity index (χ2n) is 8.70. The van der Waals surface area contributed by atoms with E-state index in [-0.39, 0.29) is 11.0 Å². The van der Waals surface area contributed by atoms with Crippen LogP contribution < -0.4 is 5.56 Å². The van der Waals surface area contributed by atoms with Crippen molar-refractivity contribution in [3.8, 4) is 0 Å². The van der Waals surface area contributed by atoms with Gasteiger partial charge in [-0.25, -0.2) is 4.68 Å². The molecule has 134 valence electrons. The third-order valence-electron chi connectivity index (χ3n) is 5.49. The maximum atomic E-state index is 12.1. The molecule has 1 aromatic heterocycles. The van der Waals surface area contributed by atoms with Gasteiger partial charge in [0.05, 0.1) is 12.2 Å². The lowest BCUT2D eigenvalue weighted by Gasteiger charge is -2.44. The van der Waals surface area contributed by atoms with Crippen molar-refractivity contribution in [3.05, 3.63) is 28.2 Å². The molecule has 3 rings (SSSR count). The number of piperidine rings is 1.